The van der Waals surface area contributed by atoms with E-state index in [0.717, 1.165) is 29.4 Å². The maximum Gasteiger partial charge on any atom is 0.135 e. The Morgan fingerprint density at radius 1 is 1.26 bits per heavy atom. The highest BCUT2D eigenvalue weighted by molar-refractivity contribution is 7.99. The molecule has 1 aromatic rings. The van der Waals surface area contributed by atoms with Crippen molar-refractivity contribution in [2.75, 3.05) is 23.9 Å². The summed E-state index contributed by atoms with van der Waals surface area (Å²) in [6, 6.07) is 10.2. The Kier molecular flexibility index (Phi) is 3.96. The summed E-state index contributed by atoms with van der Waals surface area (Å²) in [5.41, 5.74) is 0.694. The van der Waals surface area contributed by atoms with Gasteiger partial charge in [-0.1, -0.05) is 13.8 Å². The number of hydrogen-bond acceptors (Lipinski definition) is 4. The number of thioether (sulfide) groups is 1. The van der Waals surface area contributed by atoms with Crippen LogP contribution in [0.15, 0.2) is 24.3 Å². The lowest BCUT2D eigenvalue weighted by molar-refractivity contribution is 0.324. The van der Waals surface area contributed by atoms with E-state index in [1.807, 2.05) is 36.0 Å². The van der Waals surface area contributed by atoms with Crippen LogP contribution in [0.4, 0.5) is 5.69 Å². The van der Waals surface area contributed by atoms with Gasteiger partial charge in [-0.05, 0) is 41.9 Å². The lowest BCUT2D eigenvalue weighted by Gasteiger charge is -2.41. The van der Waals surface area contributed by atoms with Crippen LogP contribution in [0, 0.1) is 16.7 Å². The molecule has 1 heterocycles. The fourth-order valence-electron chi connectivity index (χ4n) is 2.55. The molecule has 0 aliphatic carbocycles. The van der Waals surface area contributed by atoms with Crippen molar-refractivity contribution in [1.82, 2.24) is 0 Å². The van der Waals surface area contributed by atoms with E-state index in [4.69, 9.17) is 4.74 Å². The van der Waals surface area contributed by atoms with Crippen LogP contribution < -0.4 is 10.1 Å². The van der Waals surface area contributed by atoms with Crippen molar-refractivity contribution in [3.05, 3.63) is 24.3 Å². The molecule has 1 N–H and O–H groups in total. The minimum Gasteiger partial charge on any atom is -0.497 e. The van der Waals surface area contributed by atoms with Crippen molar-refractivity contribution >= 4 is 17.4 Å². The van der Waals surface area contributed by atoms with Gasteiger partial charge < -0.3 is 10.1 Å². The average molecular weight is 276 g/mol. The van der Waals surface area contributed by atoms with Gasteiger partial charge >= 0.3 is 0 Å². The highest BCUT2D eigenvalue weighted by Crippen LogP contribution is 2.40. The standard InChI is InChI=1S/C15H20N2OS/c1-14(2)8-15(9-16,11-19-10-14)17-12-4-6-13(18-3)7-5-12/h4-7,17H,8,10-11H2,1-3H3. The van der Waals surface area contributed by atoms with Crippen molar-refractivity contribution in [2.24, 2.45) is 5.41 Å². The number of methoxy groups -OCH3 is 1. The molecule has 0 saturated carbocycles. The maximum absolute atomic E-state index is 9.59. The third kappa shape index (κ3) is 3.36. The van der Waals surface area contributed by atoms with Crippen LogP contribution in [0.5, 0.6) is 5.75 Å². The van der Waals surface area contributed by atoms with Crippen LogP contribution >= 0.6 is 11.8 Å². The largest absolute Gasteiger partial charge is 0.497 e. The van der Waals surface area contributed by atoms with Crippen molar-refractivity contribution < 1.29 is 4.74 Å². The van der Waals surface area contributed by atoms with E-state index < -0.39 is 5.54 Å². The summed E-state index contributed by atoms with van der Waals surface area (Å²) in [6.45, 7) is 4.45. The molecule has 1 aliphatic heterocycles. The normalized spacial score (nSPS) is 25.4. The molecule has 1 atom stereocenters. The molecule has 2 rings (SSSR count). The van der Waals surface area contributed by atoms with Gasteiger partial charge in [0.2, 0.25) is 0 Å². The smallest absolute Gasteiger partial charge is 0.135 e. The van der Waals surface area contributed by atoms with Gasteiger partial charge in [0, 0.05) is 11.4 Å². The molecule has 0 aromatic heterocycles. The molecule has 3 nitrogen and oxygen atoms in total. The number of rotatable bonds is 3. The van der Waals surface area contributed by atoms with Crippen LogP contribution in [0.1, 0.15) is 20.3 Å². The van der Waals surface area contributed by atoms with E-state index in [1.54, 1.807) is 7.11 Å². The van der Waals surface area contributed by atoms with E-state index >= 15 is 0 Å². The zero-order valence-corrected chi connectivity index (χ0v) is 12.5. The van der Waals surface area contributed by atoms with Gasteiger partial charge in [-0.15, -0.1) is 0 Å². The summed E-state index contributed by atoms with van der Waals surface area (Å²) in [6.07, 6.45) is 0.871. The van der Waals surface area contributed by atoms with E-state index in [-0.39, 0.29) is 5.41 Å². The fourth-order valence-corrected chi connectivity index (χ4v) is 3.90. The van der Waals surface area contributed by atoms with Gasteiger partial charge in [-0.2, -0.15) is 17.0 Å². The number of nitrogens with one attached hydrogen (secondary N) is 1. The van der Waals surface area contributed by atoms with Gasteiger partial charge in [0.15, 0.2) is 0 Å². The second-order valence-corrected chi connectivity index (χ2v) is 6.87. The molecule has 1 saturated heterocycles. The Bertz CT molecular complexity index is 478. The van der Waals surface area contributed by atoms with Crippen molar-refractivity contribution in [1.29, 1.82) is 5.26 Å². The van der Waals surface area contributed by atoms with Crippen LogP contribution in [0.2, 0.25) is 0 Å². The molecular weight excluding hydrogens is 256 g/mol. The second kappa shape index (κ2) is 5.34. The predicted octanol–water partition coefficient (Wildman–Crippen LogP) is 3.53. The molecule has 1 fully saturated rings. The molecule has 0 bridgehead atoms. The van der Waals surface area contributed by atoms with Crippen LogP contribution in [0.3, 0.4) is 0 Å². The first-order valence-corrected chi connectivity index (χ1v) is 7.55. The number of ether oxygens (including phenoxy) is 1. The average Bonchev–Trinajstić information content (AvgIpc) is 2.38. The Morgan fingerprint density at radius 2 is 1.95 bits per heavy atom. The zero-order valence-electron chi connectivity index (χ0n) is 11.7. The lowest BCUT2D eigenvalue weighted by Crippen LogP contribution is -2.47. The molecule has 1 aromatic carbocycles. The highest BCUT2D eigenvalue weighted by atomic mass is 32.2. The molecule has 1 unspecified atom stereocenters. The number of anilines is 1. The molecule has 4 heteroatoms. The zero-order chi connectivity index (χ0) is 13.9. The number of nitriles is 1. The topological polar surface area (TPSA) is 45.0 Å². The monoisotopic (exact) mass is 276 g/mol. The first-order chi connectivity index (χ1) is 8.99. The summed E-state index contributed by atoms with van der Waals surface area (Å²) < 4.78 is 5.15. The Balaban J connectivity index is 2.16. The Labute approximate surface area is 119 Å². The molecule has 0 radical (unpaired) electrons. The minimum atomic E-state index is -0.471. The number of hydrogen-bond donors (Lipinski definition) is 1. The first-order valence-electron chi connectivity index (χ1n) is 6.40. The van der Waals surface area contributed by atoms with Crippen molar-refractivity contribution in [3.8, 4) is 11.8 Å². The highest BCUT2D eigenvalue weighted by Gasteiger charge is 2.40. The van der Waals surface area contributed by atoms with E-state index in [1.165, 1.54) is 0 Å². The summed E-state index contributed by atoms with van der Waals surface area (Å²) in [5.74, 6) is 2.77. The summed E-state index contributed by atoms with van der Waals surface area (Å²) in [7, 11) is 1.65. The van der Waals surface area contributed by atoms with Crippen LogP contribution in [-0.4, -0.2) is 24.2 Å². The van der Waals surface area contributed by atoms with Gasteiger partial charge in [0.25, 0.3) is 0 Å². The van der Waals surface area contributed by atoms with E-state index in [2.05, 4.69) is 25.2 Å². The predicted molar refractivity (Wildman–Crippen MR) is 80.7 cm³/mol. The Hall–Kier alpha value is -1.34. The SMILES string of the molecule is COc1ccc(NC2(C#N)CSCC(C)(C)C2)cc1. The molecule has 19 heavy (non-hydrogen) atoms. The number of nitrogens with zero attached hydrogens (tertiary/aromatic N) is 1. The molecular formula is C15H20N2OS. The first kappa shape index (κ1) is 14.1. The third-order valence-electron chi connectivity index (χ3n) is 3.31. The van der Waals surface area contributed by atoms with E-state index in [9.17, 15) is 5.26 Å². The molecule has 102 valence electrons. The van der Waals surface area contributed by atoms with Gasteiger partial charge in [0.1, 0.15) is 11.3 Å². The van der Waals surface area contributed by atoms with Crippen LogP contribution in [-0.2, 0) is 0 Å². The second-order valence-electron chi connectivity index (χ2n) is 5.88. The Morgan fingerprint density at radius 3 is 2.47 bits per heavy atom. The number of benzene rings is 1. The molecule has 0 spiro atoms. The fraction of sp³-hybridized carbons (Fsp3) is 0.533. The lowest BCUT2D eigenvalue weighted by atomic mass is 9.80. The van der Waals surface area contributed by atoms with E-state index in [0.29, 0.717) is 0 Å². The van der Waals surface area contributed by atoms with Gasteiger partial charge in [-0.3, -0.25) is 0 Å². The van der Waals surface area contributed by atoms with Gasteiger partial charge in [-0.25, -0.2) is 0 Å². The summed E-state index contributed by atoms with van der Waals surface area (Å²) in [5, 5.41) is 13.0. The molecule has 0 amide bonds. The quantitative estimate of drug-likeness (QED) is 0.917. The molecule has 1 aliphatic rings. The minimum absolute atomic E-state index is 0.193. The van der Waals surface area contributed by atoms with Crippen molar-refractivity contribution in [2.45, 2.75) is 25.8 Å². The summed E-state index contributed by atoms with van der Waals surface area (Å²) >= 11 is 1.85. The summed E-state index contributed by atoms with van der Waals surface area (Å²) in [4.78, 5) is 0. The van der Waals surface area contributed by atoms with Crippen molar-refractivity contribution in [3.63, 3.8) is 0 Å². The maximum atomic E-state index is 9.59. The third-order valence-corrected chi connectivity index (χ3v) is 4.99. The van der Waals surface area contributed by atoms with Crippen LogP contribution in [0.25, 0.3) is 0 Å². The van der Waals surface area contributed by atoms with Gasteiger partial charge in [0.05, 0.1) is 13.2 Å².